The predicted molar refractivity (Wildman–Crippen MR) is 45.5 cm³/mol. The van der Waals surface area contributed by atoms with Gasteiger partial charge in [0.05, 0.1) is 11.5 Å². The van der Waals surface area contributed by atoms with Gasteiger partial charge in [0.25, 0.3) is 0 Å². The van der Waals surface area contributed by atoms with Crippen molar-refractivity contribution in [2.45, 2.75) is 25.2 Å². The fourth-order valence-electron chi connectivity index (χ4n) is 1.58. The lowest BCUT2D eigenvalue weighted by molar-refractivity contribution is 0.889. The van der Waals surface area contributed by atoms with E-state index >= 15 is 0 Å². The number of rotatable bonds is 1. The lowest BCUT2D eigenvalue weighted by Crippen LogP contribution is -2.04. The number of nitriles is 1. The van der Waals surface area contributed by atoms with E-state index in [9.17, 15) is 0 Å². The van der Waals surface area contributed by atoms with Gasteiger partial charge in [0.1, 0.15) is 0 Å². The van der Waals surface area contributed by atoms with Crippen LogP contribution in [-0.2, 0) is 5.41 Å². The fourth-order valence-corrected chi connectivity index (χ4v) is 1.58. The molecule has 1 aliphatic rings. The maximum atomic E-state index is 8.96. The summed E-state index contributed by atoms with van der Waals surface area (Å²) in [6.45, 7) is 2.01. The molecule has 0 aromatic carbocycles. The average molecular weight is 158 g/mol. The van der Waals surface area contributed by atoms with Gasteiger partial charge in [0, 0.05) is 12.4 Å². The summed E-state index contributed by atoms with van der Waals surface area (Å²) in [5.41, 5.74) is 2.14. The van der Waals surface area contributed by atoms with Crippen LogP contribution in [0.15, 0.2) is 18.5 Å². The largest absolute Gasteiger partial charge is 0.264 e. The highest BCUT2D eigenvalue weighted by molar-refractivity contribution is 5.41. The van der Waals surface area contributed by atoms with Crippen molar-refractivity contribution in [1.29, 1.82) is 5.26 Å². The number of hydrogen-bond donors (Lipinski definition) is 0. The van der Waals surface area contributed by atoms with Gasteiger partial charge in [-0.3, -0.25) is 4.98 Å². The SMILES string of the molecule is Cc1cnccc1C1(C#N)CC1. The Kier molecular flexibility index (Phi) is 1.41. The first-order chi connectivity index (χ1) is 5.78. The van der Waals surface area contributed by atoms with Crippen LogP contribution in [0, 0.1) is 18.3 Å². The normalized spacial score (nSPS) is 18.3. The fraction of sp³-hybridized carbons (Fsp3) is 0.400. The molecule has 12 heavy (non-hydrogen) atoms. The zero-order valence-electron chi connectivity index (χ0n) is 7.04. The molecule has 1 saturated carbocycles. The van der Waals surface area contributed by atoms with Crippen LogP contribution >= 0.6 is 0 Å². The highest BCUT2D eigenvalue weighted by Gasteiger charge is 2.45. The summed E-state index contributed by atoms with van der Waals surface area (Å²) < 4.78 is 0. The molecule has 1 heterocycles. The van der Waals surface area contributed by atoms with Crippen LogP contribution < -0.4 is 0 Å². The van der Waals surface area contributed by atoms with Crippen LogP contribution in [0.1, 0.15) is 24.0 Å². The Hall–Kier alpha value is -1.36. The quantitative estimate of drug-likeness (QED) is 0.626. The van der Waals surface area contributed by atoms with E-state index in [-0.39, 0.29) is 5.41 Å². The third-order valence-electron chi connectivity index (χ3n) is 2.50. The zero-order valence-corrected chi connectivity index (χ0v) is 7.04. The van der Waals surface area contributed by atoms with E-state index in [4.69, 9.17) is 5.26 Å². The van der Waals surface area contributed by atoms with Crippen LogP contribution in [-0.4, -0.2) is 4.98 Å². The van der Waals surface area contributed by atoms with Crippen LogP contribution in [0.2, 0.25) is 0 Å². The first-order valence-electron chi connectivity index (χ1n) is 4.11. The molecule has 1 aromatic rings. The van der Waals surface area contributed by atoms with Crippen molar-refractivity contribution in [2.75, 3.05) is 0 Å². The molecule has 0 N–H and O–H groups in total. The maximum Gasteiger partial charge on any atom is 0.0827 e. The molecule has 0 saturated heterocycles. The molecule has 0 amide bonds. The Morgan fingerprint density at radius 1 is 1.58 bits per heavy atom. The van der Waals surface area contributed by atoms with Gasteiger partial charge in [-0.25, -0.2) is 0 Å². The number of pyridine rings is 1. The molecular formula is C10H10N2. The molecular weight excluding hydrogens is 148 g/mol. The number of nitrogens with zero attached hydrogens (tertiary/aromatic N) is 2. The standard InChI is InChI=1S/C10H10N2/c1-8-6-12-5-2-9(8)10(7-11)3-4-10/h2,5-6H,3-4H2,1H3. The molecule has 1 fully saturated rings. The molecule has 1 aliphatic carbocycles. The van der Waals surface area contributed by atoms with Gasteiger partial charge in [-0.05, 0) is 37.0 Å². The highest BCUT2D eigenvalue weighted by atomic mass is 14.6. The van der Waals surface area contributed by atoms with E-state index in [2.05, 4.69) is 11.1 Å². The van der Waals surface area contributed by atoms with E-state index < -0.39 is 0 Å². The van der Waals surface area contributed by atoms with Gasteiger partial charge >= 0.3 is 0 Å². The lowest BCUT2D eigenvalue weighted by atomic mass is 9.95. The number of aryl methyl sites for hydroxylation is 1. The molecule has 60 valence electrons. The lowest BCUT2D eigenvalue weighted by Gasteiger charge is -2.07. The Labute approximate surface area is 71.9 Å². The second-order valence-corrected chi connectivity index (χ2v) is 3.38. The Morgan fingerprint density at radius 3 is 2.83 bits per heavy atom. The minimum Gasteiger partial charge on any atom is -0.264 e. The smallest absolute Gasteiger partial charge is 0.0827 e. The van der Waals surface area contributed by atoms with Crippen molar-refractivity contribution in [3.05, 3.63) is 29.6 Å². The summed E-state index contributed by atoms with van der Waals surface area (Å²) >= 11 is 0. The van der Waals surface area contributed by atoms with Crippen molar-refractivity contribution in [1.82, 2.24) is 4.98 Å². The predicted octanol–water partition coefficient (Wildman–Crippen LogP) is 1.95. The highest BCUT2D eigenvalue weighted by Crippen LogP contribution is 2.48. The molecule has 2 heteroatoms. The molecule has 1 aromatic heterocycles. The number of aromatic nitrogens is 1. The topological polar surface area (TPSA) is 36.7 Å². The van der Waals surface area contributed by atoms with Crippen LogP contribution in [0.5, 0.6) is 0 Å². The molecule has 0 bridgehead atoms. The second kappa shape index (κ2) is 2.31. The first kappa shape index (κ1) is 7.30. The molecule has 2 nitrogen and oxygen atoms in total. The second-order valence-electron chi connectivity index (χ2n) is 3.38. The van der Waals surface area contributed by atoms with E-state index in [1.54, 1.807) is 6.20 Å². The minimum atomic E-state index is -0.160. The van der Waals surface area contributed by atoms with E-state index in [0.717, 1.165) is 18.4 Å². The van der Waals surface area contributed by atoms with Crippen molar-refractivity contribution in [3.63, 3.8) is 0 Å². The summed E-state index contributed by atoms with van der Waals surface area (Å²) in [6.07, 6.45) is 5.61. The van der Waals surface area contributed by atoms with E-state index in [1.807, 2.05) is 19.2 Å². The van der Waals surface area contributed by atoms with Crippen LogP contribution in [0.25, 0.3) is 0 Å². The summed E-state index contributed by atoms with van der Waals surface area (Å²) in [7, 11) is 0. The first-order valence-corrected chi connectivity index (χ1v) is 4.11. The summed E-state index contributed by atoms with van der Waals surface area (Å²) in [6, 6.07) is 4.35. The van der Waals surface area contributed by atoms with Gasteiger partial charge in [-0.1, -0.05) is 0 Å². The monoisotopic (exact) mass is 158 g/mol. The van der Waals surface area contributed by atoms with Crippen molar-refractivity contribution < 1.29 is 0 Å². The number of hydrogen-bond acceptors (Lipinski definition) is 2. The minimum absolute atomic E-state index is 0.160. The Morgan fingerprint density at radius 2 is 2.33 bits per heavy atom. The molecule has 0 atom stereocenters. The third kappa shape index (κ3) is 0.902. The van der Waals surface area contributed by atoms with Gasteiger partial charge in [-0.2, -0.15) is 5.26 Å². The van der Waals surface area contributed by atoms with Gasteiger partial charge in [-0.15, -0.1) is 0 Å². The van der Waals surface area contributed by atoms with Crippen LogP contribution in [0.3, 0.4) is 0 Å². The summed E-state index contributed by atoms with van der Waals surface area (Å²) in [5.74, 6) is 0. The maximum absolute atomic E-state index is 8.96. The van der Waals surface area contributed by atoms with Gasteiger partial charge < -0.3 is 0 Å². The van der Waals surface area contributed by atoms with Crippen LogP contribution in [0.4, 0.5) is 0 Å². The third-order valence-corrected chi connectivity index (χ3v) is 2.50. The summed E-state index contributed by atoms with van der Waals surface area (Å²) in [5, 5.41) is 8.96. The van der Waals surface area contributed by atoms with E-state index in [0.29, 0.717) is 0 Å². The van der Waals surface area contributed by atoms with Crippen molar-refractivity contribution in [2.24, 2.45) is 0 Å². The molecule has 2 rings (SSSR count). The zero-order chi connectivity index (χ0) is 8.60. The molecule has 0 unspecified atom stereocenters. The van der Waals surface area contributed by atoms with Crippen molar-refractivity contribution in [3.8, 4) is 6.07 Å². The van der Waals surface area contributed by atoms with Crippen molar-refractivity contribution >= 4 is 0 Å². The van der Waals surface area contributed by atoms with E-state index in [1.165, 1.54) is 5.56 Å². The Bertz CT molecular complexity index is 345. The molecule has 0 aliphatic heterocycles. The van der Waals surface area contributed by atoms with Gasteiger partial charge in [0.15, 0.2) is 0 Å². The molecule has 0 radical (unpaired) electrons. The van der Waals surface area contributed by atoms with Gasteiger partial charge in [0.2, 0.25) is 0 Å². The molecule has 0 spiro atoms. The Balaban J connectivity index is 2.48. The summed E-state index contributed by atoms with van der Waals surface area (Å²) in [4.78, 5) is 4.01. The average Bonchev–Trinajstić information content (AvgIpc) is 2.86.